The molecule has 0 N–H and O–H groups in total. The van der Waals surface area contributed by atoms with Crippen LogP contribution in [0.3, 0.4) is 0 Å². The van der Waals surface area contributed by atoms with E-state index >= 15 is 0 Å². The van der Waals surface area contributed by atoms with Crippen LogP contribution < -0.4 is 0 Å². The van der Waals surface area contributed by atoms with E-state index in [1.165, 1.54) is 180 Å². The van der Waals surface area contributed by atoms with E-state index in [-0.39, 0.29) is 24.8 Å². The minimum Gasteiger partial charge on any atom is -0.466 e. The number of unbranched alkanes of at least 4 members (excludes halogenated alkanes) is 30. The summed E-state index contributed by atoms with van der Waals surface area (Å²) in [6.07, 6.45) is 43.2. The molecule has 0 rings (SSSR count). The predicted octanol–water partition coefficient (Wildman–Crippen LogP) is 13.4. The third kappa shape index (κ3) is 41.0. The Morgan fingerprint density at radius 3 is 0.745 bits per heavy atom. The van der Waals surface area contributed by atoms with Crippen LogP contribution >= 0.6 is 0 Å². The molecule has 0 aromatic carbocycles. The predicted molar refractivity (Wildman–Crippen MR) is 201 cm³/mol. The minimum atomic E-state index is -0.211. The van der Waals surface area contributed by atoms with E-state index in [2.05, 4.69) is 13.8 Å². The third-order valence-corrected chi connectivity index (χ3v) is 9.42. The molecule has 0 aromatic rings. The molecule has 0 fully saturated rings. The molecular formula is C42H82O5. The Balaban J connectivity index is 3.24. The number of hydrogen-bond acceptors (Lipinski definition) is 5. The molecule has 5 heteroatoms. The van der Waals surface area contributed by atoms with Crippen molar-refractivity contribution in [1.82, 2.24) is 0 Å². The van der Waals surface area contributed by atoms with Crippen molar-refractivity contribution in [3.05, 3.63) is 0 Å². The molecule has 0 amide bonds. The summed E-state index contributed by atoms with van der Waals surface area (Å²) in [6, 6.07) is 0. The van der Waals surface area contributed by atoms with Gasteiger partial charge in [-0.2, -0.15) is 0 Å². The lowest BCUT2D eigenvalue weighted by Crippen LogP contribution is -2.12. The molecule has 5 nitrogen and oxygen atoms in total. The van der Waals surface area contributed by atoms with Gasteiger partial charge in [-0.15, -0.1) is 0 Å². The minimum absolute atomic E-state index is 0.211. The van der Waals surface area contributed by atoms with Gasteiger partial charge in [0.1, 0.15) is 0 Å². The molecule has 0 saturated carbocycles. The lowest BCUT2D eigenvalue weighted by atomic mass is 10.0. The summed E-state index contributed by atoms with van der Waals surface area (Å²) in [5, 5.41) is 0. The molecular weight excluding hydrogens is 584 g/mol. The lowest BCUT2D eigenvalue weighted by Gasteiger charge is -2.07. The van der Waals surface area contributed by atoms with Crippen molar-refractivity contribution in [2.24, 2.45) is 0 Å². The van der Waals surface area contributed by atoms with E-state index in [1.807, 2.05) is 0 Å². The number of ether oxygens (including phenoxy) is 3. The van der Waals surface area contributed by atoms with Crippen LogP contribution in [0.5, 0.6) is 0 Å². The zero-order valence-electron chi connectivity index (χ0n) is 31.9. The van der Waals surface area contributed by atoms with Gasteiger partial charge in [-0.1, -0.05) is 206 Å². The molecule has 0 aromatic heterocycles. The van der Waals surface area contributed by atoms with Gasteiger partial charge in [-0.3, -0.25) is 9.59 Å². The molecule has 0 saturated heterocycles. The van der Waals surface area contributed by atoms with Crippen LogP contribution in [0.2, 0.25) is 0 Å². The van der Waals surface area contributed by atoms with Gasteiger partial charge < -0.3 is 14.2 Å². The molecule has 0 unspecified atom stereocenters. The van der Waals surface area contributed by atoms with Crippen LogP contribution in [0.25, 0.3) is 0 Å². The second-order valence-electron chi connectivity index (χ2n) is 14.2. The maximum absolute atomic E-state index is 11.9. The van der Waals surface area contributed by atoms with Gasteiger partial charge in [-0.25, -0.2) is 0 Å². The fourth-order valence-corrected chi connectivity index (χ4v) is 6.23. The first-order valence-electron chi connectivity index (χ1n) is 21.1. The summed E-state index contributed by atoms with van der Waals surface area (Å²) in [5.41, 5.74) is 0. The Morgan fingerprint density at radius 1 is 0.298 bits per heavy atom. The number of esters is 2. The summed E-state index contributed by atoms with van der Waals surface area (Å²) in [5.74, 6) is -0.422. The topological polar surface area (TPSA) is 61.8 Å². The number of carbonyl (C=O) groups excluding carboxylic acids is 2. The van der Waals surface area contributed by atoms with Crippen molar-refractivity contribution < 1.29 is 23.8 Å². The van der Waals surface area contributed by atoms with E-state index in [4.69, 9.17) is 14.2 Å². The first kappa shape index (κ1) is 45.9. The number of hydrogen-bond donors (Lipinski definition) is 0. The van der Waals surface area contributed by atoms with Gasteiger partial charge in [0.2, 0.25) is 0 Å². The Morgan fingerprint density at radius 2 is 0.511 bits per heavy atom. The summed E-state index contributed by atoms with van der Waals surface area (Å²) in [6.45, 7) is 6.16. The van der Waals surface area contributed by atoms with Crippen molar-refractivity contribution in [1.29, 1.82) is 0 Å². The van der Waals surface area contributed by atoms with Gasteiger partial charge in [0.25, 0.3) is 0 Å². The van der Waals surface area contributed by atoms with Crippen molar-refractivity contribution >= 4 is 11.9 Å². The first-order valence-corrected chi connectivity index (χ1v) is 21.1. The second-order valence-corrected chi connectivity index (χ2v) is 14.2. The van der Waals surface area contributed by atoms with Crippen molar-refractivity contribution in [2.45, 2.75) is 232 Å². The number of rotatable bonds is 40. The fraction of sp³-hybridized carbons (Fsp3) is 0.952. The Hall–Kier alpha value is -1.10. The molecule has 0 aliphatic heterocycles. The number of carbonyl (C=O) groups is 2. The van der Waals surface area contributed by atoms with Gasteiger partial charge in [0.05, 0.1) is 39.3 Å². The molecule has 0 heterocycles. The van der Waals surface area contributed by atoms with Gasteiger partial charge >= 0.3 is 11.9 Å². The van der Waals surface area contributed by atoms with Gasteiger partial charge in [-0.05, 0) is 12.8 Å². The third-order valence-electron chi connectivity index (χ3n) is 9.42. The van der Waals surface area contributed by atoms with Crippen molar-refractivity contribution in [2.75, 3.05) is 26.4 Å². The zero-order chi connectivity index (χ0) is 34.1. The monoisotopic (exact) mass is 667 g/mol. The maximum Gasteiger partial charge on any atom is 0.308 e. The highest BCUT2D eigenvalue weighted by Crippen LogP contribution is 2.15. The molecule has 0 aliphatic carbocycles. The molecule has 0 aliphatic rings. The highest BCUT2D eigenvalue weighted by molar-refractivity contribution is 5.70. The lowest BCUT2D eigenvalue weighted by molar-refractivity contribution is -0.145. The van der Waals surface area contributed by atoms with Crippen molar-refractivity contribution in [3.8, 4) is 0 Å². The van der Waals surface area contributed by atoms with Crippen LogP contribution in [0.4, 0.5) is 0 Å². The fourth-order valence-electron chi connectivity index (χ4n) is 6.23. The van der Waals surface area contributed by atoms with E-state index in [9.17, 15) is 9.59 Å². The van der Waals surface area contributed by atoms with Gasteiger partial charge in [0.15, 0.2) is 0 Å². The van der Waals surface area contributed by atoms with E-state index in [0.717, 1.165) is 25.7 Å². The SMILES string of the molecule is CCCCCCCCCCCCCCCCCCOC(=O)CCOCCC(=O)OCCCCCCCCCCCCCCCCCC. The zero-order valence-corrected chi connectivity index (χ0v) is 31.9. The normalized spacial score (nSPS) is 11.3. The molecule has 0 bridgehead atoms. The second kappa shape index (κ2) is 41.1. The van der Waals surface area contributed by atoms with E-state index in [0.29, 0.717) is 26.4 Å². The van der Waals surface area contributed by atoms with Crippen LogP contribution in [-0.2, 0) is 23.8 Å². The molecule has 280 valence electrons. The first-order chi connectivity index (χ1) is 23.2. The summed E-state index contributed by atoms with van der Waals surface area (Å²) < 4.78 is 16.1. The van der Waals surface area contributed by atoms with Crippen molar-refractivity contribution in [3.63, 3.8) is 0 Å². The van der Waals surface area contributed by atoms with Crippen LogP contribution in [0.1, 0.15) is 232 Å². The molecule has 0 spiro atoms. The Bertz CT molecular complexity index is 570. The average Bonchev–Trinajstić information content (AvgIpc) is 3.07. The highest BCUT2D eigenvalue weighted by Gasteiger charge is 2.06. The van der Waals surface area contributed by atoms with Crippen LogP contribution in [0, 0.1) is 0 Å². The maximum atomic E-state index is 11.9. The summed E-state index contributed by atoms with van der Waals surface area (Å²) in [7, 11) is 0. The summed E-state index contributed by atoms with van der Waals surface area (Å²) >= 11 is 0. The largest absolute Gasteiger partial charge is 0.466 e. The quantitative estimate of drug-likeness (QED) is 0.0481. The molecule has 0 atom stereocenters. The highest BCUT2D eigenvalue weighted by atomic mass is 16.5. The smallest absolute Gasteiger partial charge is 0.308 e. The van der Waals surface area contributed by atoms with Crippen LogP contribution in [-0.4, -0.2) is 38.4 Å². The van der Waals surface area contributed by atoms with E-state index < -0.39 is 0 Å². The standard InChI is InChI=1S/C42H82O5/c1-3-5-7-9-11-13-15-17-19-21-23-25-27-29-31-33-37-46-41(43)35-39-45-40-36-42(44)47-38-34-32-30-28-26-24-22-20-18-16-14-12-10-8-6-4-2/h3-40H2,1-2H3. The Labute approximate surface area is 293 Å². The van der Waals surface area contributed by atoms with E-state index in [1.54, 1.807) is 0 Å². The Kier molecular flexibility index (Phi) is 40.1. The average molecular weight is 667 g/mol. The molecule has 47 heavy (non-hydrogen) atoms. The summed E-state index contributed by atoms with van der Waals surface area (Å²) in [4.78, 5) is 23.8. The van der Waals surface area contributed by atoms with Crippen LogP contribution in [0.15, 0.2) is 0 Å². The van der Waals surface area contributed by atoms with Gasteiger partial charge in [0, 0.05) is 0 Å². The molecule has 0 radical (unpaired) electrons.